The second-order valence-electron chi connectivity index (χ2n) is 16.3. The second-order valence-corrected chi connectivity index (χ2v) is 16.3. The van der Waals surface area contributed by atoms with Crippen molar-refractivity contribution in [1.29, 1.82) is 0 Å². The van der Waals surface area contributed by atoms with E-state index in [9.17, 15) is 24.0 Å². The second kappa shape index (κ2) is 25.0. The van der Waals surface area contributed by atoms with Crippen LogP contribution < -0.4 is 20.1 Å². The van der Waals surface area contributed by atoms with Crippen molar-refractivity contribution in [2.45, 2.75) is 57.2 Å². The normalized spacial score (nSPS) is 15.9. The molecule has 2 amide bonds. The van der Waals surface area contributed by atoms with Crippen LogP contribution >= 0.6 is 0 Å². The summed E-state index contributed by atoms with van der Waals surface area (Å²) >= 11 is 0. The van der Waals surface area contributed by atoms with Crippen molar-refractivity contribution < 1.29 is 57.1 Å². The number of ether oxygens (including phenoxy) is 7. The highest BCUT2D eigenvalue weighted by Gasteiger charge is 2.46. The van der Waals surface area contributed by atoms with Gasteiger partial charge >= 0.3 is 24.1 Å². The van der Waals surface area contributed by atoms with Crippen LogP contribution in [0.25, 0.3) is 11.1 Å². The molecular weight excluding hydrogens is 881 g/mol. The maximum Gasteiger partial charge on any atom is 0.407 e. The minimum Gasteiger partial charge on any atom is -0.492 e. The van der Waals surface area contributed by atoms with E-state index in [0.717, 1.165) is 39.5 Å². The molecule has 2 aliphatic carbocycles. The Balaban J connectivity index is 1.19. The molecule has 4 aromatic rings. The Morgan fingerprint density at radius 3 is 1.67 bits per heavy atom. The van der Waals surface area contributed by atoms with Gasteiger partial charge in [-0.1, -0.05) is 119 Å². The molecular formula is C55H60N2O12. The number of esters is 2. The molecule has 0 spiro atoms. The highest BCUT2D eigenvalue weighted by Crippen LogP contribution is 2.56. The van der Waals surface area contributed by atoms with Crippen LogP contribution in [-0.4, -0.2) is 88.2 Å². The van der Waals surface area contributed by atoms with E-state index in [-0.39, 0.29) is 51.9 Å². The molecule has 0 saturated carbocycles. The van der Waals surface area contributed by atoms with Crippen LogP contribution in [0.3, 0.4) is 0 Å². The van der Waals surface area contributed by atoms with Crippen molar-refractivity contribution >= 4 is 29.9 Å². The number of carbonyl (C=O) groups excluding carboxylic acids is 5. The minimum absolute atomic E-state index is 0.0175. The maximum absolute atomic E-state index is 13.4. The van der Waals surface area contributed by atoms with Gasteiger partial charge in [-0.15, -0.1) is 0 Å². The Morgan fingerprint density at radius 1 is 0.638 bits per heavy atom. The van der Waals surface area contributed by atoms with Crippen LogP contribution in [0.4, 0.5) is 9.59 Å². The molecule has 14 heteroatoms. The van der Waals surface area contributed by atoms with E-state index < -0.39 is 53.6 Å². The molecule has 0 heterocycles. The van der Waals surface area contributed by atoms with Gasteiger partial charge in [-0.3, -0.25) is 9.59 Å². The van der Waals surface area contributed by atoms with Crippen LogP contribution in [-0.2, 0) is 43.5 Å². The third-order valence-electron chi connectivity index (χ3n) is 12.0. The zero-order chi connectivity index (χ0) is 49.2. The lowest BCUT2D eigenvalue weighted by atomic mass is 9.68. The number of rotatable bonds is 25. The largest absolute Gasteiger partial charge is 0.492 e. The molecule has 0 fully saturated rings. The average Bonchev–Trinajstić information content (AvgIpc) is 3.69. The van der Waals surface area contributed by atoms with Gasteiger partial charge in [0.1, 0.15) is 62.2 Å². The van der Waals surface area contributed by atoms with Gasteiger partial charge in [0.15, 0.2) is 6.10 Å². The Kier molecular flexibility index (Phi) is 18.4. The lowest BCUT2D eigenvalue weighted by Crippen LogP contribution is -2.38. The smallest absolute Gasteiger partial charge is 0.407 e. The van der Waals surface area contributed by atoms with E-state index in [4.69, 9.17) is 33.2 Å². The Morgan fingerprint density at radius 2 is 1.14 bits per heavy atom. The number of fused-ring (bicyclic) bond motifs is 3. The molecule has 0 radical (unpaired) electrons. The zero-order valence-electron chi connectivity index (χ0n) is 39.2. The molecule has 69 heavy (non-hydrogen) atoms. The van der Waals surface area contributed by atoms with E-state index in [1.807, 2.05) is 91.9 Å². The summed E-state index contributed by atoms with van der Waals surface area (Å²) in [6.45, 7) is 14.3. The standard InChI is InChI=1S/C55H60N2O12/c1-6-37(5)63-32-30-56-53(61)68-40(7-2)34-65-41-26-22-38(23-27-41)55(48-20-14-12-16-44(48)45-17-13-15-21-49(45)55)39-24-28-42(29-25-39)66-35-43(69-54(62)57-31-33-64-51(59)9-4)36-67-52(60)47-19-11-10-18-46(47)50(58)8-3/h6,9-17,20-29,40,43,46-47H,1,4-5,7-8,18-19,30-36H2,2-3H3,(H,56,61)(H,57,62). The molecule has 2 N–H and O–H groups in total. The van der Waals surface area contributed by atoms with Crippen LogP contribution in [0.1, 0.15) is 61.8 Å². The predicted octanol–water partition coefficient (Wildman–Crippen LogP) is 8.96. The quantitative estimate of drug-likeness (QED) is 0.0108. The van der Waals surface area contributed by atoms with E-state index >= 15 is 0 Å². The lowest BCUT2D eigenvalue weighted by Gasteiger charge is -2.34. The predicted molar refractivity (Wildman–Crippen MR) is 260 cm³/mol. The number of alkyl carbamates (subject to hydrolysis) is 2. The Hall–Kier alpha value is -7.61. The molecule has 0 aliphatic heterocycles. The molecule has 362 valence electrons. The summed E-state index contributed by atoms with van der Waals surface area (Å²) < 4.78 is 39.6. The molecule has 6 rings (SSSR count). The first-order chi connectivity index (χ1) is 33.5. The summed E-state index contributed by atoms with van der Waals surface area (Å²) in [5, 5.41) is 5.20. The summed E-state index contributed by atoms with van der Waals surface area (Å²) in [4.78, 5) is 62.9. The molecule has 0 saturated heterocycles. The van der Waals surface area contributed by atoms with Crippen LogP contribution in [0.15, 0.2) is 147 Å². The summed E-state index contributed by atoms with van der Waals surface area (Å²) in [6, 6.07) is 32.3. The fourth-order valence-corrected chi connectivity index (χ4v) is 8.47. The molecule has 2 aliphatic rings. The fraction of sp³-hybridized carbons (Fsp3) is 0.327. The first kappa shape index (κ1) is 50.8. The number of carbonyl (C=O) groups is 5. The third kappa shape index (κ3) is 12.9. The average molecular weight is 941 g/mol. The van der Waals surface area contributed by atoms with Crippen LogP contribution in [0, 0.1) is 11.8 Å². The van der Waals surface area contributed by atoms with E-state index in [1.165, 1.54) is 6.08 Å². The van der Waals surface area contributed by atoms with E-state index in [2.05, 4.69) is 54.6 Å². The maximum atomic E-state index is 13.4. The van der Waals surface area contributed by atoms with Crippen molar-refractivity contribution in [2.75, 3.05) is 46.1 Å². The van der Waals surface area contributed by atoms with Crippen molar-refractivity contribution in [3.63, 3.8) is 0 Å². The number of nitrogens with one attached hydrogen (secondary N) is 2. The number of hydrogen-bond donors (Lipinski definition) is 2. The first-order valence-electron chi connectivity index (χ1n) is 23.1. The van der Waals surface area contributed by atoms with Crippen molar-refractivity contribution in [2.24, 2.45) is 11.8 Å². The lowest BCUT2D eigenvalue weighted by molar-refractivity contribution is -0.156. The third-order valence-corrected chi connectivity index (χ3v) is 12.0. The summed E-state index contributed by atoms with van der Waals surface area (Å²) in [7, 11) is 0. The van der Waals surface area contributed by atoms with Gasteiger partial charge in [-0.05, 0) is 83.0 Å². The fourth-order valence-electron chi connectivity index (χ4n) is 8.47. The van der Waals surface area contributed by atoms with Gasteiger partial charge < -0.3 is 43.8 Å². The van der Waals surface area contributed by atoms with Crippen LogP contribution in [0.2, 0.25) is 0 Å². The highest BCUT2D eigenvalue weighted by molar-refractivity contribution is 5.88. The van der Waals surface area contributed by atoms with Crippen molar-refractivity contribution in [3.05, 3.63) is 169 Å². The van der Waals surface area contributed by atoms with Gasteiger partial charge in [-0.25, -0.2) is 14.4 Å². The number of amides is 2. The van der Waals surface area contributed by atoms with Crippen molar-refractivity contribution in [1.82, 2.24) is 10.6 Å². The number of Topliss-reactive ketones (excluding diaryl/α,β-unsaturated/α-hetero) is 1. The van der Waals surface area contributed by atoms with Gasteiger partial charge in [0.05, 0.1) is 24.4 Å². The molecule has 4 unspecified atom stereocenters. The number of allylic oxidation sites excluding steroid dienone is 3. The number of hydrogen-bond acceptors (Lipinski definition) is 12. The molecule has 4 aromatic carbocycles. The molecule has 0 bridgehead atoms. The number of ketones is 1. The van der Waals surface area contributed by atoms with E-state index in [1.54, 1.807) is 6.92 Å². The van der Waals surface area contributed by atoms with Gasteiger partial charge in [0, 0.05) is 18.4 Å². The summed E-state index contributed by atoms with van der Waals surface area (Å²) in [5.74, 6) is -0.862. The zero-order valence-corrected chi connectivity index (χ0v) is 39.2. The van der Waals surface area contributed by atoms with Crippen LogP contribution in [0.5, 0.6) is 11.5 Å². The molecule has 0 aromatic heterocycles. The van der Waals surface area contributed by atoms with E-state index in [0.29, 0.717) is 42.9 Å². The monoisotopic (exact) mass is 940 g/mol. The highest BCUT2D eigenvalue weighted by atomic mass is 16.6. The van der Waals surface area contributed by atoms with Gasteiger partial charge in [0.2, 0.25) is 0 Å². The summed E-state index contributed by atoms with van der Waals surface area (Å²) in [6.07, 6.45) is 4.98. The first-order valence-corrected chi connectivity index (χ1v) is 23.1. The molecule has 14 nitrogen and oxygen atoms in total. The topological polar surface area (TPSA) is 174 Å². The Bertz CT molecular complexity index is 2430. The SMILES string of the molecule is C=CC(=C)OCCNC(=O)OC(CC)COc1ccc(C2(c3ccc(OCC(COC(=O)C4CC=CCC4C(=O)CC)OC(=O)NCCOC(=O)C=C)cc3)c3ccccc3-c3ccccc32)cc1. The summed E-state index contributed by atoms with van der Waals surface area (Å²) in [5.41, 5.74) is 5.60. The minimum atomic E-state index is -1.05. The Labute approximate surface area is 403 Å². The van der Waals surface area contributed by atoms with Crippen molar-refractivity contribution in [3.8, 4) is 22.6 Å². The molecule has 4 atom stereocenters. The van der Waals surface area contributed by atoms with Gasteiger partial charge in [0.25, 0.3) is 0 Å². The number of benzene rings is 4. The van der Waals surface area contributed by atoms with Gasteiger partial charge in [-0.2, -0.15) is 0 Å².